The molecule has 0 atom stereocenters. The maximum absolute atomic E-state index is 9.67. The summed E-state index contributed by atoms with van der Waals surface area (Å²) in [6, 6.07) is 0. The van der Waals surface area contributed by atoms with E-state index in [9.17, 15) is 18.1 Å². The van der Waals surface area contributed by atoms with Gasteiger partial charge in [0.1, 0.15) is 6.66 Å². The van der Waals surface area contributed by atoms with Crippen LogP contribution >= 0.6 is 7.94 Å². The van der Waals surface area contributed by atoms with E-state index in [-0.39, 0.29) is 0 Å². The van der Waals surface area contributed by atoms with Gasteiger partial charge in [0.05, 0.1) is 13.2 Å². The molecule has 0 heterocycles. The molecule has 0 bridgehead atoms. The molecule has 11 heteroatoms. The average Bonchev–Trinajstić information content (AvgIpc) is 2.00. The largest absolute Gasteiger partial charge is 0.425 e. The van der Waals surface area contributed by atoms with Crippen LogP contribution in [0.1, 0.15) is 13.8 Å². The zero-order valence-corrected chi connectivity index (χ0v) is 11.2. The lowest BCUT2D eigenvalue weighted by Crippen LogP contribution is -1.99. The normalized spacial score (nSPS) is 9.88. The van der Waals surface area contributed by atoms with Crippen molar-refractivity contribution >= 4 is 18.6 Å². The molecule has 0 aliphatic heterocycles. The zero-order valence-electron chi connectivity index (χ0n) is 9.47. The van der Waals surface area contributed by atoms with Crippen LogP contribution in [-0.4, -0.2) is 44.1 Å². The second-order valence-electron chi connectivity index (χ2n) is 2.09. The van der Waals surface area contributed by atoms with Gasteiger partial charge in [-0.1, -0.05) is 0 Å². The first kappa shape index (κ1) is 21.9. The van der Waals surface area contributed by atoms with Gasteiger partial charge in [0.15, 0.2) is 0 Å². The first-order chi connectivity index (χ1) is 7.59. The van der Waals surface area contributed by atoms with Gasteiger partial charge in [-0.05, 0) is 13.8 Å². The van der Waals surface area contributed by atoms with Crippen LogP contribution in [0.2, 0.25) is 0 Å². The lowest BCUT2D eigenvalue weighted by Gasteiger charge is -2.09. The van der Waals surface area contributed by atoms with E-state index in [1.807, 2.05) is 13.8 Å². The Hall–Kier alpha value is -0.280. The van der Waals surface area contributed by atoms with Crippen LogP contribution in [0.5, 0.6) is 0 Å². The fourth-order valence-electron chi connectivity index (χ4n) is 0.516. The maximum atomic E-state index is 9.67. The van der Waals surface area contributed by atoms with Gasteiger partial charge in [-0.15, -0.1) is 12.6 Å². The van der Waals surface area contributed by atoms with E-state index in [1.54, 1.807) is 6.66 Å². The molecule has 106 valence electrons. The Bertz CT molecular complexity index is 238. The van der Waals surface area contributed by atoms with Crippen LogP contribution < -0.4 is 0 Å². The van der Waals surface area contributed by atoms with Crippen molar-refractivity contribution in [3.63, 3.8) is 0 Å². The van der Waals surface area contributed by atoms with Gasteiger partial charge >= 0.3 is 25.2 Å². The highest BCUT2D eigenvalue weighted by atomic mass is 32.2. The summed E-state index contributed by atoms with van der Waals surface area (Å²) in [5.74, 6) is 0. The molecular weight excluding hydrogens is 288 g/mol. The van der Waals surface area contributed by atoms with Gasteiger partial charge in [-0.25, -0.2) is 0 Å². The van der Waals surface area contributed by atoms with Crippen LogP contribution in [0, 0.1) is 0 Å². The SMILES string of the molecule is CCO[P+](C)(O)OCC.FC(F)F.O=S(=O)=O. The molecule has 17 heavy (non-hydrogen) atoms. The summed E-state index contributed by atoms with van der Waals surface area (Å²) in [7, 11) is -5.55. The first-order valence-corrected chi connectivity index (χ1v) is 7.18. The van der Waals surface area contributed by atoms with Crippen molar-refractivity contribution in [3.05, 3.63) is 0 Å². The summed E-state index contributed by atoms with van der Waals surface area (Å²) in [6.45, 7) is 2.57. The van der Waals surface area contributed by atoms with Crippen molar-refractivity contribution in [2.75, 3.05) is 19.9 Å². The lowest BCUT2D eigenvalue weighted by molar-refractivity contribution is 0.00818. The summed E-state index contributed by atoms with van der Waals surface area (Å²) in [5.41, 5.74) is 0. The average molecular weight is 303 g/mol. The Kier molecular flexibility index (Phi) is 17.8. The van der Waals surface area contributed by atoms with Crippen LogP contribution in [0.15, 0.2) is 0 Å². The van der Waals surface area contributed by atoms with E-state index in [2.05, 4.69) is 0 Å². The molecule has 0 fully saturated rings. The summed E-state index contributed by atoms with van der Waals surface area (Å²) >= 11 is 0. The second kappa shape index (κ2) is 13.8. The first-order valence-electron chi connectivity index (χ1n) is 4.16. The van der Waals surface area contributed by atoms with Gasteiger partial charge < -0.3 is 0 Å². The van der Waals surface area contributed by atoms with Crippen LogP contribution in [0.3, 0.4) is 0 Å². The minimum atomic E-state index is -3.67. The molecule has 0 aliphatic rings. The van der Waals surface area contributed by atoms with Gasteiger partial charge in [0, 0.05) is 0 Å². The number of hydrogen-bond acceptors (Lipinski definition) is 6. The quantitative estimate of drug-likeness (QED) is 0.794. The van der Waals surface area contributed by atoms with Gasteiger partial charge in [0.25, 0.3) is 0 Å². The molecule has 0 aromatic heterocycles. The highest BCUT2D eigenvalue weighted by Crippen LogP contribution is 2.52. The predicted molar refractivity (Wildman–Crippen MR) is 55.1 cm³/mol. The number of rotatable bonds is 4. The van der Waals surface area contributed by atoms with E-state index < -0.39 is 25.2 Å². The van der Waals surface area contributed by atoms with Crippen molar-refractivity contribution in [3.8, 4) is 0 Å². The third-order valence-electron chi connectivity index (χ3n) is 0.737. The number of alkyl halides is 3. The standard InChI is InChI=1S/C5H14O3P.CHF3.O3S/c1-4-7-9(3,6)8-5-2;2-1(3)4;1-4(2)3/h6H,4-5H2,1-3H3;1H;/q+1;;. The molecule has 0 rings (SSSR count). The molecule has 0 unspecified atom stereocenters. The minimum Gasteiger partial charge on any atom is -0.193 e. The van der Waals surface area contributed by atoms with Crippen molar-refractivity contribution in [1.82, 2.24) is 0 Å². The van der Waals surface area contributed by atoms with Crippen molar-refractivity contribution in [2.45, 2.75) is 20.5 Å². The lowest BCUT2D eigenvalue weighted by atomic mass is 10.9. The van der Waals surface area contributed by atoms with Gasteiger partial charge in [0.2, 0.25) is 0 Å². The second-order valence-corrected chi connectivity index (χ2v) is 4.62. The Morgan fingerprint density at radius 1 is 1.12 bits per heavy atom. The highest BCUT2D eigenvalue weighted by Gasteiger charge is 2.31. The fraction of sp³-hybridized carbons (Fsp3) is 1.00. The molecular formula is C6H15F3O6PS+. The van der Waals surface area contributed by atoms with Crippen LogP contribution in [0.25, 0.3) is 0 Å². The van der Waals surface area contributed by atoms with Crippen molar-refractivity contribution in [2.24, 2.45) is 0 Å². The predicted octanol–water partition coefficient (Wildman–Crippen LogP) is 1.62. The molecule has 1 N–H and O–H groups in total. The molecule has 0 spiro atoms. The van der Waals surface area contributed by atoms with Crippen LogP contribution in [-0.2, 0) is 19.7 Å². The van der Waals surface area contributed by atoms with Gasteiger partial charge in [-0.2, -0.15) is 27.1 Å². The Morgan fingerprint density at radius 3 is 1.41 bits per heavy atom. The zero-order chi connectivity index (χ0) is 14.5. The summed E-state index contributed by atoms with van der Waals surface area (Å²) in [5, 5.41) is 0. The molecule has 0 saturated heterocycles. The molecule has 0 amide bonds. The molecule has 0 aliphatic carbocycles. The van der Waals surface area contributed by atoms with Crippen LogP contribution in [0.4, 0.5) is 13.2 Å². The molecule has 0 aromatic carbocycles. The summed E-state index contributed by atoms with van der Waals surface area (Å²) in [6.07, 6.45) is 0. The van der Waals surface area contributed by atoms with Gasteiger partial charge in [-0.3, -0.25) is 0 Å². The monoisotopic (exact) mass is 303 g/mol. The molecule has 6 nitrogen and oxygen atoms in total. The topological polar surface area (TPSA) is 89.9 Å². The Labute approximate surface area is 99.4 Å². The maximum Gasteiger partial charge on any atom is 0.425 e. The van der Waals surface area contributed by atoms with Crippen molar-refractivity contribution in [1.29, 1.82) is 0 Å². The van der Waals surface area contributed by atoms with E-state index >= 15 is 0 Å². The van der Waals surface area contributed by atoms with E-state index in [4.69, 9.17) is 21.7 Å². The smallest absolute Gasteiger partial charge is 0.193 e. The van der Waals surface area contributed by atoms with E-state index in [0.29, 0.717) is 13.2 Å². The molecule has 0 aromatic rings. The highest BCUT2D eigenvalue weighted by molar-refractivity contribution is 7.59. The summed E-state index contributed by atoms with van der Waals surface area (Å²) in [4.78, 5) is 9.18. The Balaban J connectivity index is -0.000000205. The third kappa shape index (κ3) is 49.7. The third-order valence-corrected chi connectivity index (χ3v) is 2.21. The van der Waals surface area contributed by atoms with Crippen molar-refractivity contribution < 1.29 is 39.7 Å². The minimum absolute atomic E-state index is 0.501. The number of hydrogen-bond donors (Lipinski definition) is 1. The Morgan fingerprint density at radius 2 is 1.29 bits per heavy atom. The fourth-order valence-corrected chi connectivity index (χ4v) is 1.55. The molecule has 0 radical (unpaired) electrons. The van der Waals surface area contributed by atoms with E-state index in [1.165, 1.54) is 0 Å². The number of halogens is 3. The van der Waals surface area contributed by atoms with E-state index in [0.717, 1.165) is 0 Å². The molecule has 0 saturated carbocycles. The summed E-state index contributed by atoms with van der Waals surface area (Å²) < 4.78 is 64.2.